The lowest BCUT2D eigenvalue weighted by Crippen LogP contribution is -2.38. The van der Waals surface area contributed by atoms with Crippen LogP contribution < -0.4 is 20.4 Å². The van der Waals surface area contributed by atoms with Crippen molar-refractivity contribution in [2.24, 2.45) is 5.92 Å². The summed E-state index contributed by atoms with van der Waals surface area (Å²) in [4.78, 5) is 50.7. The topological polar surface area (TPSA) is 129 Å². The van der Waals surface area contributed by atoms with Crippen LogP contribution in [-0.4, -0.2) is 69.8 Å². The molecule has 2 aliphatic rings. The van der Waals surface area contributed by atoms with E-state index in [1.165, 1.54) is 0 Å². The van der Waals surface area contributed by atoms with Crippen LogP contribution in [0.4, 0.5) is 16.7 Å². The Morgan fingerprint density at radius 3 is 2.60 bits per heavy atom. The molecule has 1 aromatic carbocycles. The minimum atomic E-state index is -0.388. The first kappa shape index (κ1) is 27.7. The Hall–Kier alpha value is -4.42. The average Bonchev–Trinajstić information content (AvgIpc) is 3.33. The molecule has 0 unspecified atom stereocenters. The Labute approximate surface area is 247 Å². The van der Waals surface area contributed by atoms with Crippen molar-refractivity contribution in [2.45, 2.75) is 19.4 Å². The van der Waals surface area contributed by atoms with Gasteiger partial charge in [-0.25, -0.2) is 19.9 Å². The molecule has 0 bridgehead atoms. The molecule has 0 spiro atoms. The first-order chi connectivity index (χ1) is 20.4. The highest BCUT2D eigenvalue weighted by Crippen LogP contribution is 2.27. The van der Waals surface area contributed by atoms with Crippen LogP contribution in [0.2, 0.25) is 0 Å². The molecule has 0 aliphatic carbocycles. The molecule has 42 heavy (non-hydrogen) atoms. The van der Waals surface area contributed by atoms with Gasteiger partial charge in [0, 0.05) is 63.3 Å². The second-order valence-corrected chi connectivity index (χ2v) is 11.6. The van der Waals surface area contributed by atoms with Crippen molar-refractivity contribution in [1.29, 1.82) is 0 Å². The Balaban J connectivity index is 1.07. The summed E-state index contributed by atoms with van der Waals surface area (Å²) in [5, 5.41) is 7.83. The van der Waals surface area contributed by atoms with E-state index in [4.69, 9.17) is 4.98 Å². The highest BCUT2D eigenvalue weighted by Gasteiger charge is 2.26. The number of piperidine rings is 1. The molecular weight excluding hydrogens is 550 g/mol. The third-order valence-electron chi connectivity index (χ3n) is 7.36. The molecule has 2 amide bonds. The molecule has 2 aliphatic heterocycles. The number of benzene rings is 1. The van der Waals surface area contributed by atoms with Crippen LogP contribution >= 0.6 is 11.8 Å². The summed E-state index contributed by atoms with van der Waals surface area (Å²) < 4.78 is 0. The van der Waals surface area contributed by atoms with Crippen LogP contribution in [-0.2, 0) is 11.3 Å². The largest absolute Gasteiger partial charge is 0.347 e. The van der Waals surface area contributed by atoms with Gasteiger partial charge in [-0.05, 0) is 60.7 Å². The van der Waals surface area contributed by atoms with Crippen LogP contribution in [0, 0.1) is 5.92 Å². The van der Waals surface area contributed by atoms with E-state index < -0.39 is 0 Å². The molecule has 11 nitrogen and oxygen atoms in total. The Morgan fingerprint density at radius 2 is 1.86 bits per heavy atom. The minimum Gasteiger partial charge on any atom is -0.347 e. The van der Waals surface area contributed by atoms with Crippen LogP contribution in [0.3, 0.4) is 0 Å². The quantitative estimate of drug-likeness (QED) is 0.294. The van der Waals surface area contributed by atoms with Crippen molar-refractivity contribution in [1.82, 2.24) is 35.6 Å². The first-order valence-corrected chi connectivity index (χ1v) is 14.7. The molecule has 2 N–H and O–H groups in total. The van der Waals surface area contributed by atoms with E-state index in [0.717, 1.165) is 72.0 Å². The monoisotopic (exact) mass is 581 g/mol. The Bertz CT molecular complexity index is 1650. The number of nitrogens with zero attached hydrogens (tertiary/aromatic N) is 7. The fraction of sp³-hybridized carbons (Fsp3) is 0.300. The van der Waals surface area contributed by atoms with Crippen LogP contribution in [0.1, 0.15) is 24.2 Å². The summed E-state index contributed by atoms with van der Waals surface area (Å²) in [6.07, 6.45) is 9.00. The number of hydrogen-bond acceptors (Lipinski definition) is 11. The van der Waals surface area contributed by atoms with Gasteiger partial charge in [0.15, 0.2) is 0 Å². The van der Waals surface area contributed by atoms with E-state index in [2.05, 4.69) is 53.7 Å². The van der Waals surface area contributed by atoms with Crippen molar-refractivity contribution in [3.05, 3.63) is 71.3 Å². The lowest BCUT2D eigenvalue weighted by Gasteiger charge is -2.32. The first-order valence-electron chi connectivity index (χ1n) is 13.8. The lowest BCUT2D eigenvalue weighted by molar-refractivity contribution is -0.115. The van der Waals surface area contributed by atoms with E-state index in [9.17, 15) is 9.59 Å². The van der Waals surface area contributed by atoms with E-state index in [1.807, 2.05) is 43.5 Å². The Morgan fingerprint density at radius 1 is 1.07 bits per heavy atom. The maximum absolute atomic E-state index is 11.9. The molecule has 6 rings (SSSR count). The normalized spacial score (nSPS) is 16.8. The van der Waals surface area contributed by atoms with Crippen molar-refractivity contribution < 1.29 is 9.59 Å². The molecule has 3 aromatic heterocycles. The number of fused-ring (bicyclic) bond motifs is 1. The minimum absolute atomic E-state index is 0.345. The zero-order valence-corrected chi connectivity index (χ0v) is 24.3. The van der Waals surface area contributed by atoms with E-state index in [0.29, 0.717) is 35.0 Å². The summed E-state index contributed by atoms with van der Waals surface area (Å²) in [7, 11) is 3.84. The molecule has 5 heterocycles. The maximum atomic E-state index is 11.9. The van der Waals surface area contributed by atoms with Crippen LogP contribution in [0.15, 0.2) is 59.9 Å². The summed E-state index contributed by atoms with van der Waals surface area (Å²) in [6, 6.07) is 12.2. The number of hydrogen-bond donors (Lipinski definition) is 2. The van der Waals surface area contributed by atoms with Gasteiger partial charge in [0.25, 0.3) is 11.1 Å². The fourth-order valence-corrected chi connectivity index (χ4v) is 5.79. The van der Waals surface area contributed by atoms with Crippen molar-refractivity contribution >= 4 is 51.7 Å². The van der Waals surface area contributed by atoms with Crippen LogP contribution in [0.25, 0.3) is 28.1 Å². The van der Waals surface area contributed by atoms with Gasteiger partial charge in [-0.15, -0.1) is 0 Å². The third kappa shape index (κ3) is 6.24. The molecule has 2 saturated heterocycles. The number of anilines is 2. The maximum Gasteiger partial charge on any atom is 0.290 e. The van der Waals surface area contributed by atoms with Gasteiger partial charge in [0.1, 0.15) is 0 Å². The third-order valence-corrected chi connectivity index (χ3v) is 8.17. The lowest BCUT2D eigenvalue weighted by atomic mass is 9.97. The molecule has 4 aromatic rings. The van der Waals surface area contributed by atoms with Gasteiger partial charge in [-0.2, -0.15) is 0 Å². The van der Waals surface area contributed by atoms with Gasteiger partial charge in [-0.3, -0.25) is 19.9 Å². The standard InChI is InChI=1S/C30H31N9O2S/c1-38(2)28-33-16-21(17-34-28)24-13-20-5-3-4-6-23(20)25(36-24)18-31-15-19-8-11-39(12-9-19)29-32-10-7-22(35-29)14-26-27(40)37-30(41)42-26/h3-7,10,13-14,16-17,19,31H,8-9,11-12,15,18H2,1-2H3,(H,37,40,41). The zero-order valence-electron chi connectivity index (χ0n) is 23.4. The molecule has 2 fully saturated rings. The van der Waals surface area contributed by atoms with E-state index in [-0.39, 0.29) is 11.1 Å². The molecule has 0 atom stereocenters. The second-order valence-electron chi connectivity index (χ2n) is 10.5. The van der Waals surface area contributed by atoms with Gasteiger partial charge in [0.2, 0.25) is 11.9 Å². The zero-order chi connectivity index (χ0) is 29.1. The molecule has 0 radical (unpaired) electrons. The number of amides is 2. The summed E-state index contributed by atoms with van der Waals surface area (Å²) >= 11 is 0.886. The van der Waals surface area contributed by atoms with E-state index >= 15 is 0 Å². The van der Waals surface area contributed by atoms with Crippen molar-refractivity contribution in [3.8, 4) is 11.3 Å². The van der Waals surface area contributed by atoms with E-state index in [1.54, 1.807) is 18.3 Å². The number of rotatable bonds is 8. The number of carbonyl (C=O) groups is 2. The molecule has 0 saturated carbocycles. The molecule has 12 heteroatoms. The number of aromatic nitrogens is 5. The highest BCUT2D eigenvalue weighted by atomic mass is 32.2. The average molecular weight is 582 g/mol. The predicted octanol–water partition coefficient (Wildman–Crippen LogP) is 3.88. The highest BCUT2D eigenvalue weighted by molar-refractivity contribution is 8.18. The summed E-state index contributed by atoms with van der Waals surface area (Å²) in [6.45, 7) is 3.25. The SMILES string of the molecule is CN(C)c1ncc(-c2cc3ccccc3c(CNCC3CCN(c4nccc(C=C5SC(=O)NC5=O)n4)CC3)n2)cn1. The van der Waals surface area contributed by atoms with Crippen molar-refractivity contribution in [3.63, 3.8) is 0 Å². The smallest absolute Gasteiger partial charge is 0.290 e. The summed E-state index contributed by atoms with van der Waals surface area (Å²) in [5.74, 6) is 1.44. The summed E-state index contributed by atoms with van der Waals surface area (Å²) in [5.41, 5.74) is 3.37. The number of thioether (sulfide) groups is 1. The predicted molar refractivity (Wildman–Crippen MR) is 165 cm³/mol. The number of carbonyl (C=O) groups excluding carboxylic acids is 2. The van der Waals surface area contributed by atoms with Gasteiger partial charge < -0.3 is 15.1 Å². The fourth-order valence-electron chi connectivity index (χ4n) is 5.12. The number of imide groups is 1. The second kappa shape index (κ2) is 12.2. The number of nitrogens with one attached hydrogen (secondary N) is 2. The van der Waals surface area contributed by atoms with Crippen LogP contribution in [0.5, 0.6) is 0 Å². The van der Waals surface area contributed by atoms with Gasteiger partial charge >= 0.3 is 0 Å². The molecule has 214 valence electrons. The Kier molecular flexibility index (Phi) is 8.06. The number of pyridine rings is 1. The molecular formula is C30H31N9O2S. The van der Waals surface area contributed by atoms with Gasteiger partial charge in [0.05, 0.1) is 22.0 Å². The van der Waals surface area contributed by atoms with Gasteiger partial charge in [-0.1, -0.05) is 24.3 Å². The van der Waals surface area contributed by atoms with Crippen molar-refractivity contribution in [2.75, 3.05) is 43.5 Å².